The molecule has 2 amide bonds. The molecule has 212 valence electrons. The summed E-state index contributed by atoms with van der Waals surface area (Å²) < 4.78 is 13.7. The van der Waals surface area contributed by atoms with Crippen LogP contribution in [0.5, 0.6) is 11.5 Å². The van der Waals surface area contributed by atoms with Crippen molar-refractivity contribution < 1.29 is 19.1 Å². The van der Waals surface area contributed by atoms with Crippen molar-refractivity contribution in [1.29, 1.82) is 0 Å². The fourth-order valence-corrected chi connectivity index (χ4v) is 6.34. The van der Waals surface area contributed by atoms with Crippen LogP contribution < -0.4 is 9.47 Å². The molecule has 0 radical (unpaired) electrons. The minimum Gasteiger partial charge on any atom is -0.496 e. The normalized spacial score (nSPS) is 17.8. The molecule has 40 heavy (non-hydrogen) atoms. The summed E-state index contributed by atoms with van der Waals surface area (Å²) in [6.45, 7) is 7.28. The van der Waals surface area contributed by atoms with E-state index in [1.165, 1.54) is 0 Å². The van der Waals surface area contributed by atoms with Gasteiger partial charge >= 0.3 is 0 Å². The summed E-state index contributed by atoms with van der Waals surface area (Å²) in [4.78, 5) is 30.7. The van der Waals surface area contributed by atoms with Gasteiger partial charge in [-0.25, -0.2) is 4.68 Å². The van der Waals surface area contributed by atoms with Gasteiger partial charge in [-0.3, -0.25) is 9.59 Å². The predicted molar refractivity (Wildman–Crippen MR) is 158 cm³/mol. The van der Waals surface area contributed by atoms with Gasteiger partial charge in [-0.05, 0) is 57.0 Å². The molecular weight excluding hydrogens is 524 g/mol. The van der Waals surface area contributed by atoms with Crippen LogP contribution in [0.2, 0.25) is 0 Å². The number of methoxy groups -OCH3 is 1. The maximum atomic E-state index is 14.0. The van der Waals surface area contributed by atoms with Crippen molar-refractivity contribution >= 4 is 29.2 Å². The van der Waals surface area contributed by atoms with Crippen LogP contribution in [0.4, 0.5) is 0 Å². The van der Waals surface area contributed by atoms with Crippen LogP contribution in [0.3, 0.4) is 0 Å². The summed E-state index contributed by atoms with van der Waals surface area (Å²) in [5.74, 6) is 1.61. The minimum absolute atomic E-state index is 0. The van der Waals surface area contributed by atoms with E-state index in [9.17, 15) is 9.59 Å². The van der Waals surface area contributed by atoms with Crippen LogP contribution in [-0.2, 0) is 11.4 Å². The van der Waals surface area contributed by atoms with Gasteiger partial charge in [-0.1, -0.05) is 19.1 Å². The molecule has 0 aliphatic carbocycles. The Morgan fingerprint density at radius 3 is 2.58 bits per heavy atom. The average molecular weight is 563 g/mol. The number of carbonyl (C=O) groups is 2. The van der Waals surface area contributed by atoms with Crippen LogP contribution in [0.25, 0.3) is 23.0 Å². The van der Waals surface area contributed by atoms with Crippen molar-refractivity contribution in [2.24, 2.45) is 5.92 Å². The van der Waals surface area contributed by atoms with Gasteiger partial charge in [0.2, 0.25) is 5.91 Å². The number of benzene rings is 1. The topological polar surface area (TPSA) is 76.9 Å². The van der Waals surface area contributed by atoms with Crippen LogP contribution in [0, 0.1) is 5.92 Å². The Bertz CT molecular complexity index is 1430. The van der Waals surface area contributed by atoms with Crippen molar-refractivity contribution in [3.05, 3.63) is 51.4 Å². The van der Waals surface area contributed by atoms with E-state index in [2.05, 4.69) is 26.0 Å². The highest BCUT2D eigenvalue weighted by molar-refractivity contribution is 7.08. The second kappa shape index (κ2) is 11.5. The number of allylic oxidation sites excluding steroid dienone is 1. The summed E-state index contributed by atoms with van der Waals surface area (Å²) in [5.41, 5.74) is 6.00. The van der Waals surface area contributed by atoms with Crippen molar-refractivity contribution in [1.82, 2.24) is 19.6 Å². The lowest BCUT2D eigenvalue weighted by Crippen LogP contribution is -2.45. The molecule has 3 aliphatic rings. The highest BCUT2D eigenvalue weighted by Crippen LogP contribution is 2.44. The molecule has 5 heterocycles. The lowest BCUT2D eigenvalue weighted by atomic mass is 9.97. The molecule has 3 aromatic rings. The monoisotopic (exact) mass is 562 g/mol. The Hall–Kier alpha value is -3.59. The van der Waals surface area contributed by atoms with Crippen molar-refractivity contribution in [2.45, 2.75) is 53.6 Å². The number of rotatable bonds is 5. The van der Waals surface area contributed by atoms with Gasteiger partial charge in [0.05, 0.1) is 18.5 Å². The van der Waals surface area contributed by atoms with E-state index < -0.39 is 0 Å². The molecule has 0 N–H and O–H groups in total. The minimum atomic E-state index is -0.0950. The van der Waals surface area contributed by atoms with Gasteiger partial charge in [0.15, 0.2) is 5.69 Å². The van der Waals surface area contributed by atoms with Crippen molar-refractivity contribution in [3.8, 4) is 28.4 Å². The fourth-order valence-electron chi connectivity index (χ4n) is 5.72. The van der Waals surface area contributed by atoms with E-state index in [1.54, 1.807) is 18.4 Å². The molecule has 9 heteroatoms. The van der Waals surface area contributed by atoms with E-state index >= 15 is 0 Å². The number of nitrogens with zero attached hydrogens (tertiary/aromatic N) is 4. The van der Waals surface area contributed by atoms with Gasteiger partial charge < -0.3 is 19.3 Å². The number of carbonyl (C=O) groups excluding carboxylic acids is 2. The van der Waals surface area contributed by atoms with Gasteiger partial charge in [0.1, 0.15) is 18.1 Å². The van der Waals surface area contributed by atoms with E-state index in [4.69, 9.17) is 14.6 Å². The number of hydrogen-bond acceptors (Lipinski definition) is 6. The van der Waals surface area contributed by atoms with Gasteiger partial charge in [0, 0.05) is 60.2 Å². The van der Waals surface area contributed by atoms with Gasteiger partial charge in [-0.15, -0.1) is 0 Å². The summed E-state index contributed by atoms with van der Waals surface area (Å²) in [6, 6.07) is 6.00. The summed E-state index contributed by atoms with van der Waals surface area (Å²) >= 11 is 1.59. The molecule has 3 aliphatic heterocycles. The Kier molecular flexibility index (Phi) is 8.03. The highest BCUT2D eigenvalue weighted by atomic mass is 32.1. The van der Waals surface area contributed by atoms with Gasteiger partial charge in [-0.2, -0.15) is 16.4 Å². The Morgan fingerprint density at radius 2 is 1.90 bits per heavy atom. The standard InChI is InChI=1S/C30H34N4O4S.CH4/c1-19(2)14-21-15-23-26(16-25(21)37-3)38-17-24-27(31-34(28(23)24)22-8-13-39-18-22)30(36)33-9-4-6-20(7-12-33)29(35)32-10-5-11-32;/h8,13-16,18,20H,4-7,9-12,17H2,1-3H3;1H4/t20-;/m0./s1. The van der Waals surface area contributed by atoms with Gasteiger partial charge in [0.25, 0.3) is 5.91 Å². The number of fused-ring (bicyclic) bond motifs is 3. The summed E-state index contributed by atoms with van der Waals surface area (Å²) in [7, 11) is 1.66. The zero-order valence-electron chi connectivity index (χ0n) is 22.7. The lowest BCUT2D eigenvalue weighted by molar-refractivity contribution is -0.139. The molecule has 0 bridgehead atoms. The summed E-state index contributed by atoms with van der Waals surface area (Å²) in [6.07, 6.45) is 5.51. The van der Waals surface area contributed by atoms with E-state index in [1.807, 2.05) is 37.4 Å². The van der Waals surface area contributed by atoms with Crippen LogP contribution in [0.1, 0.15) is 68.6 Å². The average Bonchev–Trinajstić information content (AvgIpc) is 3.48. The number of ether oxygens (including phenoxy) is 2. The lowest BCUT2D eigenvalue weighted by Gasteiger charge is -2.34. The second-order valence-electron chi connectivity index (χ2n) is 10.8. The Balaban J connectivity index is 0.00000323. The molecule has 6 rings (SSSR count). The van der Waals surface area contributed by atoms with Crippen molar-refractivity contribution in [3.63, 3.8) is 0 Å². The molecule has 0 unspecified atom stereocenters. The zero-order chi connectivity index (χ0) is 27.1. The second-order valence-corrected chi connectivity index (χ2v) is 11.5. The fraction of sp³-hybridized carbons (Fsp3) is 0.452. The molecule has 0 saturated carbocycles. The Labute approximate surface area is 240 Å². The maximum absolute atomic E-state index is 14.0. The Morgan fingerprint density at radius 1 is 1.10 bits per heavy atom. The molecule has 2 fully saturated rings. The third kappa shape index (κ3) is 5.03. The number of thiophene rings is 1. The largest absolute Gasteiger partial charge is 0.496 e. The smallest absolute Gasteiger partial charge is 0.274 e. The molecule has 1 atom stereocenters. The highest BCUT2D eigenvalue weighted by Gasteiger charge is 2.35. The third-order valence-electron chi connectivity index (χ3n) is 7.87. The third-order valence-corrected chi connectivity index (χ3v) is 8.54. The number of hydrogen-bond donors (Lipinski definition) is 0. The zero-order valence-corrected chi connectivity index (χ0v) is 23.6. The number of aromatic nitrogens is 2. The van der Waals surface area contributed by atoms with Crippen LogP contribution in [0.15, 0.2) is 34.5 Å². The SMILES string of the molecule is C.COc1cc2c(cc1C=C(C)C)-c1c(c(C(=O)N3CCC[C@H](C(=O)N4CCC4)CC3)nn1-c1ccsc1)CO2. The molecule has 2 aromatic heterocycles. The molecule has 8 nitrogen and oxygen atoms in total. The van der Waals surface area contributed by atoms with E-state index in [0.29, 0.717) is 31.0 Å². The molecular formula is C31H38N4O4S. The molecule has 1 aromatic carbocycles. The first kappa shape index (κ1) is 28.0. The quantitative estimate of drug-likeness (QED) is 0.379. The van der Waals surface area contributed by atoms with Crippen LogP contribution >= 0.6 is 11.3 Å². The van der Waals surface area contributed by atoms with E-state index in [-0.39, 0.29) is 31.8 Å². The summed E-state index contributed by atoms with van der Waals surface area (Å²) in [5, 5.41) is 8.96. The first-order valence-electron chi connectivity index (χ1n) is 13.7. The van der Waals surface area contributed by atoms with E-state index in [0.717, 1.165) is 71.7 Å². The number of likely N-dealkylation sites (tertiary alicyclic amines) is 2. The first-order chi connectivity index (χ1) is 18.9. The predicted octanol–water partition coefficient (Wildman–Crippen LogP) is 6.04. The van der Waals surface area contributed by atoms with Crippen molar-refractivity contribution in [2.75, 3.05) is 33.3 Å². The molecule has 2 saturated heterocycles. The molecule has 0 spiro atoms. The number of amides is 2. The maximum Gasteiger partial charge on any atom is 0.274 e. The van der Waals surface area contributed by atoms with Crippen LogP contribution in [-0.4, -0.2) is 64.7 Å². The first-order valence-corrected chi connectivity index (χ1v) is 14.6.